The highest BCUT2D eigenvalue weighted by molar-refractivity contribution is 9.10. The van der Waals surface area contributed by atoms with Crippen molar-refractivity contribution in [3.63, 3.8) is 0 Å². The number of rotatable bonds is 4. The first-order valence-electron chi connectivity index (χ1n) is 7.18. The molecule has 1 saturated carbocycles. The minimum Gasteiger partial charge on any atom is -0.319 e. The van der Waals surface area contributed by atoms with Gasteiger partial charge < -0.3 is 5.32 Å². The zero-order chi connectivity index (χ0) is 13.8. The minimum atomic E-state index is -0.167. The van der Waals surface area contributed by atoms with Gasteiger partial charge in [-0.1, -0.05) is 35.3 Å². The number of hydrogen-bond acceptors (Lipinski definition) is 1. The molecule has 0 saturated heterocycles. The molecule has 3 atom stereocenters. The monoisotopic (exact) mass is 327 g/mol. The lowest BCUT2D eigenvalue weighted by Crippen LogP contribution is -2.32. The van der Waals surface area contributed by atoms with E-state index in [9.17, 15) is 4.39 Å². The molecule has 1 aromatic rings. The summed E-state index contributed by atoms with van der Waals surface area (Å²) < 4.78 is 14.1. The highest BCUT2D eigenvalue weighted by Gasteiger charge is 2.28. The number of hydrogen-bond donors (Lipinski definition) is 1. The van der Waals surface area contributed by atoms with Crippen molar-refractivity contribution < 1.29 is 4.39 Å². The molecule has 1 aromatic carbocycles. The summed E-state index contributed by atoms with van der Waals surface area (Å²) in [6.45, 7) is 3.44. The molecular formula is C16H23BrFN. The second-order valence-electron chi connectivity index (χ2n) is 5.94. The summed E-state index contributed by atoms with van der Waals surface area (Å²) in [6, 6.07) is 5.07. The predicted octanol–water partition coefficient (Wildman–Crippen LogP) is 4.40. The second kappa shape index (κ2) is 6.85. The second-order valence-corrected chi connectivity index (χ2v) is 6.79. The van der Waals surface area contributed by atoms with Crippen LogP contribution in [0.15, 0.2) is 22.7 Å². The Kier molecular flexibility index (Phi) is 5.40. The van der Waals surface area contributed by atoms with E-state index < -0.39 is 0 Å². The fourth-order valence-corrected chi connectivity index (χ4v) is 3.82. The minimum absolute atomic E-state index is 0.167. The molecule has 2 rings (SSSR count). The van der Waals surface area contributed by atoms with Gasteiger partial charge in [-0.05, 0) is 68.3 Å². The van der Waals surface area contributed by atoms with E-state index >= 15 is 0 Å². The van der Waals surface area contributed by atoms with Crippen molar-refractivity contribution in [1.29, 1.82) is 0 Å². The summed E-state index contributed by atoms with van der Waals surface area (Å²) in [5.41, 5.74) is 1.24. The van der Waals surface area contributed by atoms with E-state index in [1.807, 2.05) is 13.1 Å². The number of benzene rings is 1. The largest absolute Gasteiger partial charge is 0.319 e. The Morgan fingerprint density at radius 3 is 2.79 bits per heavy atom. The van der Waals surface area contributed by atoms with Crippen LogP contribution in [0.25, 0.3) is 0 Å². The van der Waals surface area contributed by atoms with Gasteiger partial charge in [0.15, 0.2) is 0 Å². The molecular weight excluding hydrogens is 305 g/mol. The molecule has 1 nitrogen and oxygen atoms in total. The smallest absolute Gasteiger partial charge is 0.124 e. The predicted molar refractivity (Wildman–Crippen MR) is 81.7 cm³/mol. The molecule has 0 radical (unpaired) electrons. The van der Waals surface area contributed by atoms with E-state index in [-0.39, 0.29) is 5.82 Å². The Labute approximate surface area is 124 Å². The van der Waals surface area contributed by atoms with Gasteiger partial charge in [0.25, 0.3) is 0 Å². The average Bonchev–Trinajstić information content (AvgIpc) is 2.36. The normalized spacial score (nSPS) is 27.5. The highest BCUT2D eigenvalue weighted by Crippen LogP contribution is 2.36. The van der Waals surface area contributed by atoms with E-state index in [0.717, 1.165) is 29.3 Å². The topological polar surface area (TPSA) is 12.0 Å². The molecule has 0 aromatic heterocycles. The zero-order valence-electron chi connectivity index (χ0n) is 11.8. The summed E-state index contributed by atoms with van der Waals surface area (Å²) in [4.78, 5) is 0. The number of nitrogens with one attached hydrogen (secondary N) is 1. The molecule has 0 bridgehead atoms. The van der Waals surface area contributed by atoms with Gasteiger partial charge in [0.2, 0.25) is 0 Å². The highest BCUT2D eigenvalue weighted by atomic mass is 79.9. The molecule has 3 unspecified atom stereocenters. The summed E-state index contributed by atoms with van der Waals surface area (Å²) in [5.74, 6) is 2.10. The van der Waals surface area contributed by atoms with Gasteiger partial charge in [0.1, 0.15) is 5.82 Å². The van der Waals surface area contributed by atoms with Crippen molar-refractivity contribution in [2.24, 2.45) is 17.8 Å². The van der Waals surface area contributed by atoms with Crippen molar-refractivity contribution in [1.82, 2.24) is 5.32 Å². The van der Waals surface area contributed by atoms with E-state index in [1.54, 1.807) is 12.1 Å². The van der Waals surface area contributed by atoms with Crippen LogP contribution in [0.4, 0.5) is 4.39 Å². The van der Waals surface area contributed by atoms with Crippen LogP contribution in [0.5, 0.6) is 0 Å². The Morgan fingerprint density at radius 1 is 1.32 bits per heavy atom. The molecule has 1 fully saturated rings. The molecule has 1 aliphatic carbocycles. The van der Waals surface area contributed by atoms with Gasteiger partial charge in [-0.3, -0.25) is 0 Å². The van der Waals surface area contributed by atoms with Crippen molar-refractivity contribution in [2.75, 3.05) is 13.6 Å². The van der Waals surface area contributed by atoms with Gasteiger partial charge in [0, 0.05) is 4.47 Å². The van der Waals surface area contributed by atoms with Gasteiger partial charge in [-0.25, -0.2) is 4.39 Å². The van der Waals surface area contributed by atoms with E-state index in [4.69, 9.17) is 0 Å². The first-order valence-corrected chi connectivity index (χ1v) is 7.98. The average molecular weight is 328 g/mol. The quantitative estimate of drug-likeness (QED) is 0.864. The first-order chi connectivity index (χ1) is 9.10. The van der Waals surface area contributed by atoms with Crippen LogP contribution in [0.3, 0.4) is 0 Å². The summed E-state index contributed by atoms with van der Waals surface area (Å²) in [5, 5.41) is 3.32. The summed E-state index contributed by atoms with van der Waals surface area (Å²) >= 11 is 3.49. The first kappa shape index (κ1) is 15.0. The third-order valence-electron chi connectivity index (χ3n) is 4.37. The summed E-state index contributed by atoms with van der Waals surface area (Å²) in [6.07, 6.45) is 4.99. The van der Waals surface area contributed by atoms with Crippen LogP contribution in [-0.4, -0.2) is 13.6 Å². The maximum atomic E-state index is 13.1. The van der Waals surface area contributed by atoms with Crippen molar-refractivity contribution in [2.45, 2.75) is 32.6 Å². The Balaban J connectivity index is 2.09. The van der Waals surface area contributed by atoms with E-state index in [2.05, 4.69) is 28.2 Å². The molecule has 106 valence electrons. The fourth-order valence-electron chi connectivity index (χ4n) is 3.31. The van der Waals surface area contributed by atoms with Crippen molar-refractivity contribution >= 4 is 15.9 Å². The molecule has 1 N–H and O–H groups in total. The van der Waals surface area contributed by atoms with Gasteiger partial charge >= 0.3 is 0 Å². The molecule has 1 aliphatic rings. The SMILES string of the molecule is CNCC1CCC(C)CC1Cc1ccc(F)cc1Br. The zero-order valence-corrected chi connectivity index (χ0v) is 13.3. The van der Waals surface area contributed by atoms with Crippen LogP contribution in [0, 0.1) is 23.6 Å². The van der Waals surface area contributed by atoms with Crippen LogP contribution >= 0.6 is 15.9 Å². The van der Waals surface area contributed by atoms with E-state index in [1.165, 1.54) is 24.8 Å². The lowest BCUT2D eigenvalue weighted by Gasteiger charge is -2.35. The van der Waals surface area contributed by atoms with Gasteiger partial charge in [0.05, 0.1) is 0 Å². The molecule has 19 heavy (non-hydrogen) atoms. The van der Waals surface area contributed by atoms with Crippen molar-refractivity contribution in [3.8, 4) is 0 Å². The molecule has 3 heteroatoms. The summed E-state index contributed by atoms with van der Waals surface area (Å²) in [7, 11) is 2.03. The van der Waals surface area contributed by atoms with Crippen LogP contribution in [0.1, 0.15) is 31.7 Å². The fraction of sp³-hybridized carbons (Fsp3) is 0.625. The van der Waals surface area contributed by atoms with Gasteiger partial charge in [-0.15, -0.1) is 0 Å². The van der Waals surface area contributed by atoms with Crippen LogP contribution in [-0.2, 0) is 6.42 Å². The third kappa shape index (κ3) is 4.03. The Morgan fingerprint density at radius 2 is 2.11 bits per heavy atom. The maximum absolute atomic E-state index is 13.1. The molecule has 0 aliphatic heterocycles. The lowest BCUT2D eigenvalue weighted by atomic mass is 9.72. The molecule has 0 heterocycles. The third-order valence-corrected chi connectivity index (χ3v) is 5.10. The van der Waals surface area contributed by atoms with Crippen molar-refractivity contribution in [3.05, 3.63) is 34.1 Å². The van der Waals surface area contributed by atoms with Crippen LogP contribution < -0.4 is 5.32 Å². The lowest BCUT2D eigenvalue weighted by molar-refractivity contribution is 0.186. The molecule has 0 amide bonds. The van der Waals surface area contributed by atoms with E-state index in [0.29, 0.717) is 5.92 Å². The Bertz CT molecular complexity index is 421. The molecule has 0 spiro atoms. The van der Waals surface area contributed by atoms with Crippen LogP contribution in [0.2, 0.25) is 0 Å². The maximum Gasteiger partial charge on any atom is 0.124 e. The Hall–Kier alpha value is -0.410. The van der Waals surface area contributed by atoms with Gasteiger partial charge in [-0.2, -0.15) is 0 Å². The standard InChI is InChI=1S/C16H23BrFN/c1-11-3-4-13(10-19-2)14(7-11)8-12-5-6-15(18)9-16(12)17/h5-6,9,11,13-14,19H,3-4,7-8,10H2,1-2H3. The number of halogens is 2.